The summed E-state index contributed by atoms with van der Waals surface area (Å²) in [6.07, 6.45) is 1.92. The lowest BCUT2D eigenvalue weighted by molar-refractivity contribution is -0.131. The van der Waals surface area contributed by atoms with Crippen LogP contribution in [0.1, 0.15) is 25.3 Å². The minimum atomic E-state index is -0.795. The number of carbonyl (C=O) groups excluding carboxylic acids is 2. The molecule has 20 heavy (non-hydrogen) atoms. The van der Waals surface area contributed by atoms with Crippen LogP contribution >= 0.6 is 15.9 Å². The maximum absolute atomic E-state index is 13.3. The molecule has 6 heteroatoms. The number of carbonyl (C=O) groups is 2. The Morgan fingerprint density at radius 2 is 2.15 bits per heavy atom. The van der Waals surface area contributed by atoms with Crippen molar-refractivity contribution < 1.29 is 14.0 Å². The Balaban J connectivity index is 1.85. The Labute approximate surface area is 124 Å². The van der Waals surface area contributed by atoms with Gasteiger partial charge in [0.25, 0.3) is 5.91 Å². The van der Waals surface area contributed by atoms with Gasteiger partial charge in [0.15, 0.2) is 0 Å². The van der Waals surface area contributed by atoms with Gasteiger partial charge in [-0.3, -0.25) is 9.69 Å². The summed E-state index contributed by atoms with van der Waals surface area (Å²) in [6.45, 7) is 1.84. The van der Waals surface area contributed by atoms with Crippen LogP contribution in [0.2, 0.25) is 0 Å². The second-order valence-electron chi connectivity index (χ2n) is 5.53. The molecular formula is C14H14BrFN2O2. The minimum absolute atomic E-state index is 0.0747. The Bertz CT molecular complexity index is 603. The van der Waals surface area contributed by atoms with Crippen molar-refractivity contribution in [1.82, 2.24) is 10.2 Å². The molecule has 1 unspecified atom stereocenters. The first-order valence-electron chi connectivity index (χ1n) is 6.50. The van der Waals surface area contributed by atoms with Gasteiger partial charge in [-0.05, 0) is 49.4 Å². The van der Waals surface area contributed by atoms with Crippen LogP contribution in [0, 0.1) is 11.7 Å². The molecule has 3 amide bonds. The van der Waals surface area contributed by atoms with Gasteiger partial charge in [-0.15, -0.1) is 0 Å². The SMILES string of the molecule is CC1(C2CC2)NC(=O)N(Cc2cc(F)ccc2Br)C1=O. The van der Waals surface area contributed by atoms with E-state index < -0.39 is 11.6 Å². The Morgan fingerprint density at radius 1 is 1.45 bits per heavy atom. The number of urea groups is 1. The minimum Gasteiger partial charge on any atom is -0.323 e. The van der Waals surface area contributed by atoms with Gasteiger partial charge in [0, 0.05) is 4.47 Å². The first-order chi connectivity index (χ1) is 9.41. The highest BCUT2D eigenvalue weighted by molar-refractivity contribution is 9.10. The molecule has 1 saturated carbocycles. The van der Waals surface area contributed by atoms with Crippen molar-refractivity contribution >= 4 is 27.9 Å². The number of amides is 3. The molecule has 1 aromatic carbocycles. The van der Waals surface area contributed by atoms with Gasteiger partial charge >= 0.3 is 6.03 Å². The van der Waals surface area contributed by atoms with E-state index in [2.05, 4.69) is 21.2 Å². The summed E-state index contributed by atoms with van der Waals surface area (Å²) in [5.41, 5.74) is -0.217. The molecule has 3 rings (SSSR count). The Morgan fingerprint density at radius 3 is 2.80 bits per heavy atom. The molecule has 1 atom stereocenters. The van der Waals surface area contributed by atoms with Gasteiger partial charge in [0.2, 0.25) is 0 Å². The summed E-state index contributed by atoms with van der Waals surface area (Å²) in [6, 6.07) is 3.83. The fourth-order valence-corrected chi connectivity index (χ4v) is 3.00. The van der Waals surface area contributed by atoms with Crippen LogP contribution in [0.25, 0.3) is 0 Å². The van der Waals surface area contributed by atoms with Crippen molar-refractivity contribution in [3.63, 3.8) is 0 Å². The van der Waals surface area contributed by atoms with Gasteiger partial charge < -0.3 is 5.32 Å². The molecule has 1 aromatic rings. The van der Waals surface area contributed by atoms with Crippen molar-refractivity contribution in [2.24, 2.45) is 5.92 Å². The van der Waals surface area contributed by atoms with E-state index in [-0.39, 0.29) is 24.2 Å². The van der Waals surface area contributed by atoms with E-state index >= 15 is 0 Å². The van der Waals surface area contributed by atoms with E-state index in [1.807, 2.05) is 0 Å². The van der Waals surface area contributed by atoms with Crippen LogP contribution in [0.4, 0.5) is 9.18 Å². The summed E-state index contributed by atoms with van der Waals surface area (Å²) < 4.78 is 14.0. The lowest BCUT2D eigenvalue weighted by Crippen LogP contribution is -2.46. The van der Waals surface area contributed by atoms with Crippen LogP contribution in [0.15, 0.2) is 22.7 Å². The van der Waals surface area contributed by atoms with E-state index in [0.717, 1.165) is 17.7 Å². The van der Waals surface area contributed by atoms with E-state index in [1.54, 1.807) is 13.0 Å². The number of rotatable bonds is 3. The molecule has 2 fully saturated rings. The maximum atomic E-state index is 13.3. The van der Waals surface area contributed by atoms with Crippen molar-refractivity contribution in [3.8, 4) is 0 Å². The van der Waals surface area contributed by atoms with E-state index in [0.29, 0.717) is 10.0 Å². The van der Waals surface area contributed by atoms with Gasteiger partial charge in [0.1, 0.15) is 11.4 Å². The molecule has 0 spiro atoms. The van der Waals surface area contributed by atoms with Crippen LogP contribution < -0.4 is 5.32 Å². The molecule has 1 saturated heterocycles. The number of halogens is 2. The summed E-state index contributed by atoms with van der Waals surface area (Å²) >= 11 is 3.31. The zero-order valence-corrected chi connectivity index (χ0v) is 12.5. The lowest BCUT2D eigenvalue weighted by atomic mass is 9.96. The molecule has 0 bridgehead atoms. The molecule has 1 N–H and O–H groups in total. The number of nitrogens with one attached hydrogen (secondary N) is 1. The second-order valence-corrected chi connectivity index (χ2v) is 6.39. The van der Waals surface area contributed by atoms with Gasteiger partial charge in [0.05, 0.1) is 6.54 Å². The largest absolute Gasteiger partial charge is 0.325 e. The molecule has 0 radical (unpaired) electrons. The molecule has 0 aromatic heterocycles. The van der Waals surface area contributed by atoms with Gasteiger partial charge in [-0.1, -0.05) is 15.9 Å². The quantitative estimate of drug-likeness (QED) is 0.860. The normalized spacial score (nSPS) is 26.1. The molecule has 1 aliphatic carbocycles. The smallest absolute Gasteiger partial charge is 0.323 e. The average Bonchev–Trinajstić information content (AvgIpc) is 3.20. The van der Waals surface area contributed by atoms with Crippen molar-refractivity contribution in [2.75, 3.05) is 0 Å². The number of benzene rings is 1. The third-order valence-electron chi connectivity index (χ3n) is 4.03. The van der Waals surface area contributed by atoms with Gasteiger partial charge in [-0.25, -0.2) is 9.18 Å². The molecular weight excluding hydrogens is 327 g/mol. The summed E-state index contributed by atoms with van der Waals surface area (Å²) in [5.74, 6) is -0.388. The van der Waals surface area contributed by atoms with Crippen molar-refractivity contribution in [2.45, 2.75) is 31.8 Å². The van der Waals surface area contributed by atoms with Crippen LogP contribution in [0.3, 0.4) is 0 Å². The molecule has 1 heterocycles. The third-order valence-corrected chi connectivity index (χ3v) is 4.80. The highest BCUT2D eigenvalue weighted by Gasteiger charge is 2.55. The van der Waals surface area contributed by atoms with Crippen LogP contribution in [-0.2, 0) is 11.3 Å². The zero-order chi connectivity index (χ0) is 14.5. The van der Waals surface area contributed by atoms with E-state index in [4.69, 9.17) is 0 Å². The molecule has 4 nitrogen and oxygen atoms in total. The average molecular weight is 341 g/mol. The monoisotopic (exact) mass is 340 g/mol. The molecule has 106 valence electrons. The third kappa shape index (κ3) is 2.12. The van der Waals surface area contributed by atoms with E-state index in [9.17, 15) is 14.0 Å². The number of imide groups is 1. The predicted octanol–water partition coefficient (Wildman–Crippen LogP) is 2.81. The zero-order valence-electron chi connectivity index (χ0n) is 11.0. The number of hydrogen-bond donors (Lipinski definition) is 1. The van der Waals surface area contributed by atoms with Crippen LogP contribution in [0.5, 0.6) is 0 Å². The fourth-order valence-electron chi connectivity index (χ4n) is 2.63. The Hall–Kier alpha value is -1.43. The number of nitrogens with zero attached hydrogens (tertiary/aromatic N) is 1. The van der Waals surface area contributed by atoms with Crippen molar-refractivity contribution in [1.29, 1.82) is 0 Å². The standard InChI is InChI=1S/C14H14BrFN2O2/c1-14(9-2-3-9)12(19)18(13(20)17-14)7-8-6-10(16)4-5-11(8)15/h4-6,9H,2-3,7H2,1H3,(H,17,20). The van der Waals surface area contributed by atoms with Crippen LogP contribution in [-0.4, -0.2) is 22.4 Å². The summed E-state index contributed by atoms with van der Waals surface area (Å²) in [5, 5.41) is 2.77. The lowest BCUT2D eigenvalue weighted by Gasteiger charge is -2.21. The summed E-state index contributed by atoms with van der Waals surface area (Å²) in [4.78, 5) is 25.6. The second kappa shape index (κ2) is 4.55. The first-order valence-corrected chi connectivity index (χ1v) is 7.29. The van der Waals surface area contributed by atoms with E-state index in [1.165, 1.54) is 12.1 Å². The predicted molar refractivity (Wildman–Crippen MR) is 74.3 cm³/mol. The fraction of sp³-hybridized carbons (Fsp3) is 0.429. The summed E-state index contributed by atoms with van der Waals surface area (Å²) in [7, 11) is 0. The topological polar surface area (TPSA) is 49.4 Å². The molecule has 2 aliphatic rings. The maximum Gasteiger partial charge on any atom is 0.325 e. The highest BCUT2D eigenvalue weighted by atomic mass is 79.9. The van der Waals surface area contributed by atoms with Crippen molar-refractivity contribution in [3.05, 3.63) is 34.1 Å². The number of hydrogen-bond acceptors (Lipinski definition) is 2. The van der Waals surface area contributed by atoms with Gasteiger partial charge in [-0.2, -0.15) is 0 Å². The molecule has 1 aliphatic heterocycles. The Kier molecular flexibility index (Phi) is 3.08. The highest BCUT2D eigenvalue weighted by Crippen LogP contribution is 2.43. The first kappa shape index (κ1) is 13.5.